The minimum Gasteiger partial charge on any atom is -0.472 e. The van der Waals surface area contributed by atoms with E-state index in [1.807, 2.05) is 25.1 Å². The predicted molar refractivity (Wildman–Crippen MR) is 80.8 cm³/mol. The van der Waals surface area contributed by atoms with E-state index in [1.54, 1.807) is 12.4 Å². The highest BCUT2D eigenvalue weighted by molar-refractivity contribution is 5.50. The Bertz CT molecular complexity index is 604. The summed E-state index contributed by atoms with van der Waals surface area (Å²) in [4.78, 5) is 15.3. The van der Waals surface area contributed by atoms with Gasteiger partial charge in [0.2, 0.25) is 5.88 Å². The molecule has 0 saturated carbocycles. The van der Waals surface area contributed by atoms with Gasteiger partial charge in [-0.15, -0.1) is 0 Å². The molecular formula is C15H19N5O. The van der Waals surface area contributed by atoms with Crippen LogP contribution in [0.2, 0.25) is 0 Å². The Morgan fingerprint density at radius 3 is 2.90 bits per heavy atom. The first-order chi connectivity index (χ1) is 10.2. The van der Waals surface area contributed by atoms with Crippen molar-refractivity contribution in [1.82, 2.24) is 19.9 Å². The van der Waals surface area contributed by atoms with E-state index in [0.717, 1.165) is 31.0 Å². The second-order valence-corrected chi connectivity index (χ2v) is 5.28. The van der Waals surface area contributed by atoms with E-state index < -0.39 is 0 Å². The summed E-state index contributed by atoms with van der Waals surface area (Å²) >= 11 is 0. The Kier molecular flexibility index (Phi) is 3.96. The third-order valence-corrected chi connectivity index (χ3v) is 3.46. The van der Waals surface area contributed by atoms with E-state index in [4.69, 9.17) is 4.74 Å². The Morgan fingerprint density at radius 1 is 1.29 bits per heavy atom. The first kappa shape index (κ1) is 13.8. The molecule has 1 fully saturated rings. The molecule has 2 aromatic heterocycles. The van der Waals surface area contributed by atoms with Crippen LogP contribution in [0.15, 0.2) is 30.6 Å². The molecule has 1 saturated heterocycles. The van der Waals surface area contributed by atoms with Gasteiger partial charge in [-0.3, -0.25) is 4.98 Å². The number of anilines is 2. The number of nitrogens with one attached hydrogen (secondary N) is 1. The maximum absolute atomic E-state index is 5.98. The molecule has 0 amide bonds. The molecule has 2 aromatic rings. The van der Waals surface area contributed by atoms with Crippen LogP contribution in [0.25, 0.3) is 0 Å². The Labute approximate surface area is 124 Å². The van der Waals surface area contributed by atoms with E-state index in [1.165, 1.54) is 0 Å². The Morgan fingerprint density at radius 2 is 2.19 bits per heavy atom. The van der Waals surface area contributed by atoms with Crippen LogP contribution >= 0.6 is 0 Å². The molecule has 1 unspecified atom stereocenters. The minimum absolute atomic E-state index is 0.188. The molecule has 0 radical (unpaired) electrons. The summed E-state index contributed by atoms with van der Waals surface area (Å²) in [7, 11) is 2.10. The number of hydrogen-bond donors (Lipinski definition) is 1. The van der Waals surface area contributed by atoms with Crippen LogP contribution < -0.4 is 10.1 Å². The van der Waals surface area contributed by atoms with Crippen LogP contribution in [0.3, 0.4) is 0 Å². The van der Waals surface area contributed by atoms with Gasteiger partial charge < -0.3 is 15.0 Å². The average Bonchev–Trinajstić information content (AvgIpc) is 2.89. The van der Waals surface area contributed by atoms with Gasteiger partial charge in [0, 0.05) is 19.3 Å². The number of hydrogen-bond acceptors (Lipinski definition) is 6. The summed E-state index contributed by atoms with van der Waals surface area (Å²) in [6.07, 6.45) is 4.64. The van der Waals surface area contributed by atoms with Crippen molar-refractivity contribution in [3.05, 3.63) is 36.3 Å². The zero-order valence-corrected chi connectivity index (χ0v) is 12.3. The zero-order valence-electron chi connectivity index (χ0n) is 12.3. The second kappa shape index (κ2) is 6.05. The third-order valence-electron chi connectivity index (χ3n) is 3.46. The largest absolute Gasteiger partial charge is 0.472 e. The fraction of sp³-hybridized carbons (Fsp3) is 0.400. The smallest absolute Gasteiger partial charge is 0.237 e. The standard InChI is InChI=1S/C15H19N5O/c1-11-15(21-12-6-8-20(2)10-12)19-14(9-17-11)18-13-5-3-4-7-16-13/h3-5,7,9,12H,6,8,10H2,1-2H3,(H,16,18,19). The lowest BCUT2D eigenvalue weighted by atomic mass is 10.3. The van der Waals surface area contributed by atoms with Gasteiger partial charge >= 0.3 is 0 Å². The highest BCUT2D eigenvalue weighted by Gasteiger charge is 2.22. The van der Waals surface area contributed by atoms with Gasteiger partial charge in [-0.1, -0.05) is 6.07 Å². The normalized spacial score (nSPS) is 18.7. The minimum atomic E-state index is 0.188. The highest BCUT2D eigenvalue weighted by atomic mass is 16.5. The molecular weight excluding hydrogens is 266 g/mol. The van der Waals surface area contributed by atoms with Crippen molar-refractivity contribution in [3.63, 3.8) is 0 Å². The monoisotopic (exact) mass is 285 g/mol. The van der Waals surface area contributed by atoms with E-state index in [0.29, 0.717) is 11.7 Å². The summed E-state index contributed by atoms with van der Waals surface area (Å²) in [6.45, 7) is 3.90. The number of ether oxygens (including phenoxy) is 1. The van der Waals surface area contributed by atoms with Gasteiger partial charge in [0.05, 0.1) is 11.9 Å². The van der Waals surface area contributed by atoms with E-state index in [-0.39, 0.29) is 6.10 Å². The number of likely N-dealkylation sites (N-methyl/N-ethyl adjacent to an activating group) is 1. The summed E-state index contributed by atoms with van der Waals surface area (Å²) in [5, 5.41) is 3.13. The van der Waals surface area contributed by atoms with Gasteiger partial charge in [-0.2, -0.15) is 4.98 Å². The Hall–Kier alpha value is -2.21. The zero-order chi connectivity index (χ0) is 14.7. The molecule has 0 aromatic carbocycles. The highest BCUT2D eigenvalue weighted by Crippen LogP contribution is 2.21. The van der Waals surface area contributed by atoms with Crippen molar-refractivity contribution < 1.29 is 4.74 Å². The van der Waals surface area contributed by atoms with E-state index in [2.05, 4.69) is 32.2 Å². The van der Waals surface area contributed by atoms with Crippen molar-refractivity contribution in [2.75, 3.05) is 25.5 Å². The van der Waals surface area contributed by atoms with Crippen molar-refractivity contribution in [1.29, 1.82) is 0 Å². The number of aryl methyl sites for hydroxylation is 1. The van der Waals surface area contributed by atoms with Gasteiger partial charge in [-0.25, -0.2) is 4.98 Å². The van der Waals surface area contributed by atoms with Gasteiger partial charge in [0.15, 0.2) is 5.82 Å². The predicted octanol–water partition coefficient (Wildman–Crippen LogP) is 2.01. The van der Waals surface area contributed by atoms with Gasteiger partial charge in [0.25, 0.3) is 0 Å². The molecule has 3 heterocycles. The summed E-state index contributed by atoms with van der Waals surface area (Å²) in [5.41, 5.74) is 0.802. The molecule has 6 heteroatoms. The first-order valence-electron chi connectivity index (χ1n) is 7.07. The number of rotatable bonds is 4. The molecule has 1 aliphatic heterocycles. The second-order valence-electron chi connectivity index (χ2n) is 5.28. The Balaban J connectivity index is 1.73. The van der Waals surface area contributed by atoms with E-state index in [9.17, 15) is 0 Å². The number of aromatic nitrogens is 3. The van der Waals surface area contributed by atoms with Crippen molar-refractivity contribution >= 4 is 11.6 Å². The summed E-state index contributed by atoms with van der Waals surface area (Å²) < 4.78 is 5.98. The average molecular weight is 285 g/mol. The van der Waals surface area contributed by atoms with Gasteiger partial charge in [0.1, 0.15) is 11.9 Å². The topological polar surface area (TPSA) is 63.2 Å². The van der Waals surface area contributed by atoms with Gasteiger partial charge in [-0.05, 0) is 32.5 Å². The fourth-order valence-corrected chi connectivity index (χ4v) is 2.32. The van der Waals surface area contributed by atoms with Crippen LogP contribution in [0.5, 0.6) is 5.88 Å². The number of nitrogens with zero attached hydrogens (tertiary/aromatic N) is 4. The van der Waals surface area contributed by atoms with Crippen molar-refractivity contribution in [2.24, 2.45) is 0 Å². The van der Waals surface area contributed by atoms with E-state index >= 15 is 0 Å². The number of pyridine rings is 1. The van der Waals surface area contributed by atoms with Crippen LogP contribution in [0, 0.1) is 6.92 Å². The molecule has 6 nitrogen and oxygen atoms in total. The van der Waals surface area contributed by atoms with Crippen LogP contribution in [-0.2, 0) is 0 Å². The molecule has 1 aliphatic rings. The molecule has 3 rings (SSSR count). The lowest BCUT2D eigenvalue weighted by Crippen LogP contribution is -2.22. The first-order valence-corrected chi connectivity index (χ1v) is 7.07. The van der Waals surface area contributed by atoms with Crippen LogP contribution in [-0.4, -0.2) is 46.1 Å². The molecule has 1 atom stereocenters. The van der Waals surface area contributed by atoms with Crippen molar-refractivity contribution in [2.45, 2.75) is 19.4 Å². The molecule has 0 bridgehead atoms. The van der Waals surface area contributed by atoms with Crippen molar-refractivity contribution in [3.8, 4) is 5.88 Å². The lowest BCUT2D eigenvalue weighted by molar-refractivity contribution is 0.198. The quantitative estimate of drug-likeness (QED) is 0.927. The summed E-state index contributed by atoms with van der Waals surface area (Å²) in [5.74, 6) is 1.97. The van der Waals surface area contributed by atoms with Crippen LogP contribution in [0.4, 0.5) is 11.6 Å². The fourth-order valence-electron chi connectivity index (χ4n) is 2.32. The SMILES string of the molecule is Cc1ncc(Nc2ccccn2)nc1OC1CCN(C)C1. The third kappa shape index (κ3) is 3.46. The maximum atomic E-state index is 5.98. The molecule has 1 N–H and O–H groups in total. The number of likely N-dealkylation sites (tertiary alicyclic amines) is 1. The lowest BCUT2D eigenvalue weighted by Gasteiger charge is -2.15. The molecule has 0 spiro atoms. The molecule has 110 valence electrons. The van der Waals surface area contributed by atoms with Crippen LogP contribution in [0.1, 0.15) is 12.1 Å². The summed E-state index contributed by atoms with van der Waals surface area (Å²) in [6, 6.07) is 5.67. The molecule has 0 aliphatic carbocycles. The molecule has 21 heavy (non-hydrogen) atoms. The maximum Gasteiger partial charge on any atom is 0.237 e.